The summed E-state index contributed by atoms with van der Waals surface area (Å²) in [4.78, 5) is 36.6. The number of benzene rings is 1. The Kier molecular flexibility index (Phi) is 8.85. The number of pyridine rings is 2. The molecule has 0 aliphatic carbocycles. The Morgan fingerprint density at radius 2 is 1.85 bits per heavy atom. The lowest BCUT2D eigenvalue weighted by Gasteiger charge is -2.41. The van der Waals surface area contributed by atoms with Gasteiger partial charge in [0.1, 0.15) is 17.3 Å². The number of phenols is 1. The molecule has 47 heavy (non-hydrogen) atoms. The predicted octanol–water partition coefficient (Wildman–Crippen LogP) is 5.79. The lowest BCUT2D eigenvalue weighted by molar-refractivity contribution is -0.128. The van der Waals surface area contributed by atoms with Gasteiger partial charge >= 0.3 is 0 Å². The molecule has 246 valence electrons. The minimum Gasteiger partial charge on any atom is -0.504 e. The number of nitriles is 1. The molecule has 2 aliphatic heterocycles. The van der Waals surface area contributed by atoms with Crippen LogP contribution >= 0.6 is 11.6 Å². The molecule has 2 aromatic heterocycles. The number of nitrogens with zero attached hydrogens (tertiary/aromatic N) is 6. The van der Waals surface area contributed by atoms with Gasteiger partial charge in [-0.05, 0) is 49.8 Å². The molecule has 1 saturated heterocycles. The first kappa shape index (κ1) is 33.5. The Balaban J connectivity index is 1.92. The number of carbonyl (C=O) groups excluding carboxylic acids is 1. The van der Waals surface area contributed by atoms with Gasteiger partial charge in [0, 0.05) is 38.1 Å². The van der Waals surface area contributed by atoms with E-state index in [9.17, 15) is 33.1 Å². The molecule has 5 rings (SSSR count). The van der Waals surface area contributed by atoms with Crippen LogP contribution in [0.3, 0.4) is 0 Å². The van der Waals surface area contributed by atoms with Crippen molar-refractivity contribution in [3.63, 3.8) is 0 Å². The minimum absolute atomic E-state index is 0.0908. The third-order valence-corrected chi connectivity index (χ3v) is 8.91. The maximum absolute atomic E-state index is 15.2. The molecule has 14 heteroatoms. The number of halogens is 5. The molecular formula is C33H31ClF4N6O3. The van der Waals surface area contributed by atoms with Gasteiger partial charge in [-0.25, -0.2) is 18.2 Å². The average Bonchev–Trinajstić information content (AvgIpc) is 3.03. The van der Waals surface area contributed by atoms with E-state index in [-0.39, 0.29) is 59.8 Å². The van der Waals surface area contributed by atoms with Crippen LogP contribution in [0.5, 0.6) is 5.75 Å². The highest BCUT2D eigenvalue weighted by molar-refractivity contribution is 6.34. The summed E-state index contributed by atoms with van der Waals surface area (Å²) >= 11 is 6.59. The Bertz CT molecular complexity index is 1990. The number of aromatic nitrogens is 2. The lowest BCUT2D eigenvalue weighted by atomic mass is 9.93. The standard InChI is InChI=1S/C33H31ClF4N6O3/c1-7-21(45)43-11-10-42(14-17(43)5)30-18-12-20(34)27(22-23(35)24(36)25(37)26(38)31(22)46)40-32(18)44(33(47)19(30)13-39)29-16(4)8-9-41(6)28(29)15(2)3/h7-9,12,15,17,28,46H,1,10-11,14H2,2-6H3/t17-,28?/m1/s1. The van der Waals surface area contributed by atoms with Crippen LogP contribution in [0.2, 0.25) is 5.02 Å². The number of rotatable bonds is 5. The summed E-state index contributed by atoms with van der Waals surface area (Å²) in [5.74, 6) is -10.3. The Hall–Kier alpha value is -4.83. The van der Waals surface area contributed by atoms with Gasteiger partial charge in [0.05, 0.1) is 33.7 Å². The van der Waals surface area contributed by atoms with E-state index >= 15 is 4.39 Å². The van der Waals surface area contributed by atoms with Crippen LogP contribution in [0.25, 0.3) is 28.0 Å². The van der Waals surface area contributed by atoms with Gasteiger partial charge < -0.3 is 19.8 Å². The second-order valence-corrected chi connectivity index (χ2v) is 12.3. The normalized spacial score (nSPS) is 18.4. The summed E-state index contributed by atoms with van der Waals surface area (Å²) in [5, 5.41) is 20.7. The van der Waals surface area contributed by atoms with Crippen molar-refractivity contribution in [2.75, 3.05) is 31.6 Å². The Morgan fingerprint density at radius 1 is 1.19 bits per heavy atom. The van der Waals surface area contributed by atoms with E-state index < -0.39 is 56.9 Å². The number of phenolic OH excluding ortho intramolecular Hbond substituents is 1. The zero-order valence-electron chi connectivity index (χ0n) is 26.2. The van der Waals surface area contributed by atoms with Crippen LogP contribution in [-0.4, -0.2) is 69.1 Å². The lowest BCUT2D eigenvalue weighted by Crippen LogP contribution is -2.54. The van der Waals surface area contributed by atoms with Crippen LogP contribution in [0.4, 0.5) is 23.2 Å². The highest BCUT2D eigenvalue weighted by atomic mass is 35.5. The summed E-state index contributed by atoms with van der Waals surface area (Å²) in [6.45, 7) is 11.6. The van der Waals surface area contributed by atoms with Crippen LogP contribution in [-0.2, 0) is 4.79 Å². The smallest absolute Gasteiger partial charge is 0.276 e. The van der Waals surface area contributed by atoms with Crippen LogP contribution in [0.1, 0.15) is 33.3 Å². The highest BCUT2D eigenvalue weighted by Crippen LogP contribution is 2.43. The van der Waals surface area contributed by atoms with E-state index in [0.29, 0.717) is 11.3 Å². The van der Waals surface area contributed by atoms with Gasteiger partial charge in [0.15, 0.2) is 17.4 Å². The van der Waals surface area contributed by atoms with E-state index in [1.54, 1.807) is 36.8 Å². The molecule has 2 aliphatic rings. The van der Waals surface area contributed by atoms with Gasteiger partial charge in [0.2, 0.25) is 17.5 Å². The quantitative estimate of drug-likeness (QED) is 0.159. The number of allylic oxidation sites excluding steroid dienone is 2. The van der Waals surface area contributed by atoms with Gasteiger partial charge in [-0.15, -0.1) is 0 Å². The molecule has 0 radical (unpaired) electrons. The van der Waals surface area contributed by atoms with Crippen LogP contribution in [0, 0.1) is 40.5 Å². The topological polar surface area (TPSA) is 106 Å². The van der Waals surface area contributed by atoms with Gasteiger partial charge in [0.25, 0.3) is 5.56 Å². The van der Waals surface area contributed by atoms with E-state index in [0.717, 1.165) is 0 Å². The van der Waals surface area contributed by atoms with Crippen molar-refractivity contribution in [1.82, 2.24) is 19.4 Å². The number of piperazine rings is 1. The third-order valence-electron chi connectivity index (χ3n) is 8.62. The summed E-state index contributed by atoms with van der Waals surface area (Å²) < 4.78 is 59.4. The second-order valence-electron chi connectivity index (χ2n) is 11.9. The molecule has 3 aromatic rings. The highest BCUT2D eigenvalue weighted by Gasteiger charge is 2.35. The second kappa shape index (κ2) is 12.4. The largest absolute Gasteiger partial charge is 0.504 e. The number of aromatic hydroxyl groups is 1. The monoisotopic (exact) mass is 670 g/mol. The van der Waals surface area contributed by atoms with Crippen molar-refractivity contribution in [3.8, 4) is 23.1 Å². The molecular weight excluding hydrogens is 640 g/mol. The molecule has 1 fully saturated rings. The molecule has 1 unspecified atom stereocenters. The summed E-state index contributed by atoms with van der Waals surface area (Å²) in [7, 11) is 1.80. The van der Waals surface area contributed by atoms with Crippen molar-refractivity contribution in [2.45, 2.75) is 39.8 Å². The molecule has 0 spiro atoms. The SMILES string of the molecule is C=CC(=O)N1CCN(c2c(C#N)c(=O)n(C3=C(C)C=CN(C)C3C(C)C)c3nc(-c4c(O)c(F)c(F)c(F)c4F)c(Cl)cc23)C[C@H]1C. The Morgan fingerprint density at radius 3 is 2.45 bits per heavy atom. The first-order valence-electron chi connectivity index (χ1n) is 14.7. The van der Waals surface area contributed by atoms with Crippen molar-refractivity contribution < 1.29 is 27.5 Å². The zero-order chi connectivity index (χ0) is 34.6. The maximum atomic E-state index is 15.2. The minimum atomic E-state index is -2.22. The van der Waals surface area contributed by atoms with Crippen molar-refractivity contribution in [2.24, 2.45) is 5.92 Å². The van der Waals surface area contributed by atoms with Crippen molar-refractivity contribution in [3.05, 3.63) is 80.8 Å². The van der Waals surface area contributed by atoms with E-state index in [2.05, 4.69) is 11.6 Å². The number of hydrogen-bond donors (Lipinski definition) is 1. The molecule has 0 saturated carbocycles. The third kappa shape index (κ3) is 5.30. The van der Waals surface area contributed by atoms with Crippen LogP contribution < -0.4 is 10.5 Å². The fraction of sp³-hybridized carbons (Fsp3) is 0.333. The van der Waals surface area contributed by atoms with E-state index in [4.69, 9.17) is 11.6 Å². The number of hydrogen-bond acceptors (Lipinski definition) is 7. The first-order chi connectivity index (χ1) is 22.2. The molecule has 1 N–H and O–H groups in total. The number of likely N-dealkylation sites (N-methyl/N-ethyl adjacent to an activating group) is 1. The van der Waals surface area contributed by atoms with Crippen molar-refractivity contribution in [1.29, 1.82) is 5.26 Å². The molecule has 4 heterocycles. The summed E-state index contributed by atoms with van der Waals surface area (Å²) in [6, 6.07) is 2.49. The average molecular weight is 671 g/mol. The Labute approximate surface area is 272 Å². The number of carbonyl (C=O) groups is 1. The van der Waals surface area contributed by atoms with Gasteiger partial charge in [-0.3, -0.25) is 14.2 Å². The van der Waals surface area contributed by atoms with Crippen LogP contribution in [0.15, 0.2) is 41.4 Å². The number of fused-ring (bicyclic) bond motifs is 1. The van der Waals surface area contributed by atoms with Crippen molar-refractivity contribution >= 4 is 39.9 Å². The maximum Gasteiger partial charge on any atom is 0.276 e. The molecule has 1 aromatic carbocycles. The summed E-state index contributed by atoms with van der Waals surface area (Å²) in [6.07, 6.45) is 4.78. The fourth-order valence-electron chi connectivity index (χ4n) is 6.47. The van der Waals surface area contributed by atoms with E-state index in [1.165, 1.54) is 16.7 Å². The number of amides is 1. The summed E-state index contributed by atoms with van der Waals surface area (Å²) in [5.41, 5.74) is -1.79. The molecule has 1 amide bonds. The fourth-order valence-corrected chi connectivity index (χ4v) is 6.71. The van der Waals surface area contributed by atoms with E-state index in [1.807, 2.05) is 31.0 Å². The van der Waals surface area contributed by atoms with Gasteiger partial charge in [-0.2, -0.15) is 9.65 Å². The molecule has 2 atom stereocenters. The predicted molar refractivity (Wildman–Crippen MR) is 171 cm³/mol. The molecule has 0 bridgehead atoms. The number of anilines is 1. The zero-order valence-corrected chi connectivity index (χ0v) is 27.0. The molecule has 9 nitrogen and oxygen atoms in total. The first-order valence-corrected chi connectivity index (χ1v) is 15.1. The van der Waals surface area contributed by atoms with Gasteiger partial charge in [-0.1, -0.05) is 32.0 Å².